The lowest BCUT2D eigenvalue weighted by Gasteiger charge is -2.10. The topological polar surface area (TPSA) is 70.2 Å². The van der Waals surface area contributed by atoms with Crippen molar-refractivity contribution in [1.29, 1.82) is 0 Å². The van der Waals surface area contributed by atoms with Gasteiger partial charge in [0.25, 0.3) is 0 Å². The van der Waals surface area contributed by atoms with Crippen LogP contribution in [-0.4, -0.2) is 27.5 Å². The lowest BCUT2D eigenvalue weighted by atomic mass is 10.0. The number of H-pyrrole nitrogens is 1. The van der Waals surface area contributed by atoms with Crippen LogP contribution in [0.2, 0.25) is 0 Å². The Morgan fingerprint density at radius 2 is 2.07 bits per heavy atom. The van der Waals surface area contributed by atoms with E-state index in [0.29, 0.717) is 0 Å². The molecule has 1 heterocycles. The molecular formula is C9H10FNO3. The number of alkyl halides is 1. The minimum Gasteiger partial charge on any atom is -0.477 e. The first-order valence-electron chi connectivity index (χ1n) is 3.98. The van der Waals surface area contributed by atoms with Gasteiger partial charge in [0.05, 0.1) is 0 Å². The largest absolute Gasteiger partial charge is 0.477 e. The average Bonchev–Trinajstić information content (AvgIpc) is 2.48. The van der Waals surface area contributed by atoms with Crippen LogP contribution in [0, 0.1) is 0 Å². The molecule has 1 rings (SSSR count). The number of nitrogens with one attached hydrogen (secondary N) is 1. The number of aromatic carboxylic acids is 1. The molecule has 0 aromatic carbocycles. The van der Waals surface area contributed by atoms with E-state index >= 15 is 0 Å². The minimum absolute atomic E-state index is 0.0369. The molecule has 1 aromatic rings. The van der Waals surface area contributed by atoms with Crippen LogP contribution in [0.3, 0.4) is 0 Å². The third-order valence-corrected chi connectivity index (χ3v) is 1.72. The molecule has 0 atom stereocenters. The molecule has 2 N–H and O–H groups in total. The number of aromatic nitrogens is 1. The maximum atomic E-state index is 13.2. The molecule has 0 amide bonds. The third kappa shape index (κ3) is 1.99. The van der Waals surface area contributed by atoms with E-state index in [9.17, 15) is 14.0 Å². The summed E-state index contributed by atoms with van der Waals surface area (Å²) < 4.78 is 13.2. The first-order valence-corrected chi connectivity index (χ1v) is 3.98. The van der Waals surface area contributed by atoms with Gasteiger partial charge in [0.1, 0.15) is 5.69 Å². The van der Waals surface area contributed by atoms with E-state index in [0.717, 1.165) is 19.9 Å². The zero-order chi connectivity index (χ0) is 10.9. The lowest BCUT2D eigenvalue weighted by molar-refractivity contribution is 0.0691. The van der Waals surface area contributed by atoms with Gasteiger partial charge in [-0.2, -0.15) is 0 Å². The Labute approximate surface area is 79.7 Å². The summed E-state index contributed by atoms with van der Waals surface area (Å²) in [7, 11) is 0. The molecule has 0 fully saturated rings. The number of aromatic amines is 1. The highest BCUT2D eigenvalue weighted by Crippen LogP contribution is 2.17. The molecule has 0 aliphatic carbocycles. The van der Waals surface area contributed by atoms with Crippen LogP contribution in [0.5, 0.6) is 0 Å². The zero-order valence-corrected chi connectivity index (χ0v) is 7.80. The summed E-state index contributed by atoms with van der Waals surface area (Å²) in [6, 6.07) is 1.12. The smallest absolute Gasteiger partial charge is 0.352 e. The van der Waals surface area contributed by atoms with Crippen molar-refractivity contribution >= 4 is 11.8 Å². The number of carboxylic acids is 1. The summed E-state index contributed by atoms with van der Waals surface area (Å²) in [6.07, 6.45) is 1.19. The van der Waals surface area contributed by atoms with E-state index in [-0.39, 0.29) is 11.3 Å². The molecule has 0 saturated carbocycles. The summed E-state index contributed by atoms with van der Waals surface area (Å²) in [4.78, 5) is 24.1. The summed E-state index contributed by atoms with van der Waals surface area (Å²) >= 11 is 0. The maximum Gasteiger partial charge on any atom is 0.352 e. The van der Waals surface area contributed by atoms with Crippen LogP contribution in [0.1, 0.15) is 34.7 Å². The highest BCUT2D eigenvalue weighted by Gasteiger charge is 2.28. The molecular weight excluding hydrogens is 189 g/mol. The summed E-state index contributed by atoms with van der Waals surface area (Å²) in [5, 5.41) is 8.55. The highest BCUT2D eigenvalue weighted by atomic mass is 19.1. The molecule has 0 saturated heterocycles. The van der Waals surface area contributed by atoms with Crippen LogP contribution in [0.4, 0.5) is 4.39 Å². The second-order valence-corrected chi connectivity index (χ2v) is 3.41. The van der Waals surface area contributed by atoms with Crippen LogP contribution < -0.4 is 0 Å². The fourth-order valence-electron chi connectivity index (χ4n) is 0.992. The average molecular weight is 199 g/mol. The van der Waals surface area contributed by atoms with Crippen LogP contribution in [-0.2, 0) is 0 Å². The fraction of sp³-hybridized carbons (Fsp3) is 0.333. The monoisotopic (exact) mass is 199 g/mol. The number of Topliss-reactive ketones (excluding diaryl/α,β-unsaturated/α-hetero) is 1. The van der Waals surface area contributed by atoms with Gasteiger partial charge in [0.15, 0.2) is 5.67 Å². The number of ketones is 1. The number of carbonyl (C=O) groups is 2. The lowest BCUT2D eigenvalue weighted by Crippen LogP contribution is -2.25. The van der Waals surface area contributed by atoms with E-state index < -0.39 is 17.4 Å². The first kappa shape index (κ1) is 10.4. The van der Waals surface area contributed by atoms with Gasteiger partial charge in [-0.1, -0.05) is 0 Å². The van der Waals surface area contributed by atoms with E-state index in [1.54, 1.807) is 0 Å². The molecule has 0 radical (unpaired) electrons. The van der Waals surface area contributed by atoms with Gasteiger partial charge in [-0.3, -0.25) is 4.79 Å². The summed E-state index contributed by atoms with van der Waals surface area (Å²) in [5.74, 6) is -1.91. The fourth-order valence-corrected chi connectivity index (χ4v) is 0.992. The number of halogens is 1. The van der Waals surface area contributed by atoms with Gasteiger partial charge in [0, 0.05) is 11.8 Å². The summed E-state index contributed by atoms with van der Waals surface area (Å²) in [5.41, 5.74) is -2.08. The SMILES string of the molecule is CC(C)(F)C(=O)c1c[nH]c(C(=O)O)c1. The minimum atomic E-state index is -1.99. The van der Waals surface area contributed by atoms with E-state index in [2.05, 4.69) is 4.98 Å². The second kappa shape index (κ2) is 3.25. The van der Waals surface area contributed by atoms with Crippen molar-refractivity contribution in [2.45, 2.75) is 19.5 Å². The number of hydrogen-bond donors (Lipinski definition) is 2. The quantitative estimate of drug-likeness (QED) is 0.727. The van der Waals surface area contributed by atoms with Crippen molar-refractivity contribution in [3.8, 4) is 0 Å². The Kier molecular flexibility index (Phi) is 2.42. The van der Waals surface area contributed by atoms with Crippen LogP contribution in [0.25, 0.3) is 0 Å². The Hall–Kier alpha value is -1.65. The van der Waals surface area contributed by atoms with Crippen molar-refractivity contribution in [2.75, 3.05) is 0 Å². The third-order valence-electron chi connectivity index (χ3n) is 1.72. The van der Waals surface area contributed by atoms with Crippen molar-refractivity contribution < 1.29 is 19.1 Å². The summed E-state index contributed by atoms with van der Waals surface area (Å²) in [6.45, 7) is 2.26. The van der Waals surface area contributed by atoms with Gasteiger partial charge in [-0.15, -0.1) is 0 Å². The van der Waals surface area contributed by atoms with Crippen molar-refractivity contribution in [1.82, 2.24) is 4.98 Å². The molecule has 0 unspecified atom stereocenters. The maximum absolute atomic E-state index is 13.2. The predicted molar refractivity (Wildman–Crippen MR) is 47.3 cm³/mol. The van der Waals surface area contributed by atoms with E-state index in [4.69, 9.17) is 5.11 Å². The van der Waals surface area contributed by atoms with Gasteiger partial charge < -0.3 is 10.1 Å². The second-order valence-electron chi connectivity index (χ2n) is 3.41. The van der Waals surface area contributed by atoms with Gasteiger partial charge in [0.2, 0.25) is 5.78 Å². The van der Waals surface area contributed by atoms with Crippen molar-refractivity contribution in [2.24, 2.45) is 0 Å². The van der Waals surface area contributed by atoms with Crippen molar-refractivity contribution in [3.63, 3.8) is 0 Å². The number of carbonyl (C=O) groups excluding carboxylic acids is 1. The van der Waals surface area contributed by atoms with E-state index in [1.165, 1.54) is 6.20 Å². The molecule has 0 bridgehead atoms. The standard InChI is InChI=1S/C9H10FNO3/c1-9(2,10)7(12)5-3-6(8(13)14)11-4-5/h3-4,11H,1-2H3,(H,13,14). The van der Waals surface area contributed by atoms with Crippen LogP contribution >= 0.6 is 0 Å². The Morgan fingerprint density at radius 3 is 2.43 bits per heavy atom. The number of hydrogen-bond acceptors (Lipinski definition) is 2. The normalized spacial score (nSPS) is 11.4. The van der Waals surface area contributed by atoms with Gasteiger partial charge >= 0.3 is 5.97 Å². The van der Waals surface area contributed by atoms with Crippen molar-refractivity contribution in [3.05, 3.63) is 23.5 Å². The molecule has 4 nitrogen and oxygen atoms in total. The van der Waals surface area contributed by atoms with Gasteiger partial charge in [-0.05, 0) is 19.9 Å². The predicted octanol–water partition coefficient (Wildman–Crippen LogP) is 1.64. The van der Waals surface area contributed by atoms with Crippen LogP contribution in [0.15, 0.2) is 12.3 Å². The highest BCUT2D eigenvalue weighted by molar-refractivity contribution is 6.03. The zero-order valence-electron chi connectivity index (χ0n) is 7.80. The Balaban J connectivity index is 2.99. The van der Waals surface area contributed by atoms with Gasteiger partial charge in [-0.25, -0.2) is 9.18 Å². The molecule has 0 aliphatic rings. The Morgan fingerprint density at radius 1 is 1.50 bits per heavy atom. The molecule has 0 spiro atoms. The molecule has 14 heavy (non-hydrogen) atoms. The molecule has 5 heteroatoms. The first-order chi connectivity index (χ1) is 6.32. The Bertz CT molecular complexity index is 376. The molecule has 0 aliphatic heterocycles. The number of rotatable bonds is 3. The molecule has 1 aromatic heterocycles. The molecule has 76 valence electrons. The number of carboxylic acid groups (broad SMARTS) is 1. The van der Waals surface area contributed by atoms with E-state index in [1.807, 2.05) is 0 Å².